The molecule has 1 rings (SSSR count). The molecule has 3 nitrogen and oxygen atoms in total. The Labute approximate surface area is 69.1 Å². The molecule has 1 aromatic carbocycles. The standard InChI is InChI=1S/C7H7ClN2O/c8-6-1-2-7(11)5(3-6)4-10-9/h1-4,11H,9H2/b10-4-. The zero-order valence-electron chi connectivity index (χ0n) is 5.66. The van der Waals surface area contributed by atoms with Crippen LogP contribution in [0.1, 0.15) is 5.56 Å². The Morgan fingerprint density at radius 2 is 2.27 bits per heavy atom. The Kier molecular flexibility index (Phi) is 2.33. The number of halogens is 1. The number of hydrazone groups is 1. The minimum absolute atomic E-state index is 0.114. The highest BCUT2D eigenvalue weighted by molar-refractivity contribution is 6.30. The Morgan fingerprint density at radius 1 is 1.55 bits per heavy atom. The minimum Gasteiger partial charge on any atom is -0.507 e. The van der Waals surface area contributed by atoms with Crippen molar-refractivity contribution in [1.29, 1.82) is 0 Å². The molecule has 58 valence electrons. The minimum atomic E-state index is 0.114. The van der Waals surface area contributed by atoms with E-state index < -0.39 is 0 Å². The van der Waals surface area contributed by atoms with Crippen molar-refractivity contribution in [2.75, 3.05) is 0 Å². The molecule has 3 N–H and O–H groups in total. The number of rotatable bonds is 1. The zero-order valence-corrected chi connectivity index (χ0v) is 6.42. The summed E-state index contributed by atoms with van der Waals surface area (Å²) in [4.78, 5) is 0. The summed E-state index contributed by atoms with van der Waals surface area (Å²) in [5, 5.41) is 13.0. The number of phenols is 1. The zero-order chi connectivity index (χ0) is 8.27. The van der Waals surface area contributed by atoms with E-state index in [2.05, 4.69) is 5.10 Å². The number of aromatic hydroxyl groups is 1. The second kappa shape index (κ2) is 3.25. The van der Waals surface area contributed by atoms with Crippen LogP contribution in [0.5, 0.6) is 5.75 Å². The molecule has 4 heteroatoms. The van der Waals surface area contributed by atoms with Gasteiger partial charge in [-0.25, -0.2) is 0 Å². The molecule has 0 radical (unpaired) electrons. The first-order valence-corrected chi connectivity index (χ1v) is 3.33. The molecule has 0 aliphatic heterocycles. The van der Waals surface area contributed by atoms with E-state index in [0.29, 0.717) is 10.6 Å². The fraction of sp³-hybridized carbons (Fsp3) is 0. The van der Waals surface area contributed by atoms with Crippen molar-refractivity contribution in [3.05, 3.63) is 28.8 Å². The van der Waals surface area contributed by atoms with Crippen LogP contribution in [-0.4, -0.2) is 11.3 Å². The van der Waals surface area contributed by atoms with Gasteiger partial charge in [-0.15, -0.1) is 0 Å². The summed E-state index contributed by atoms with van der Waals surface area (Å²) in [6.45, 7) is 0. The third-order valence-electron chi connectivity index (χ3n) is 1.20. The van der Waals surface area contributed by atoms with Crippen LogP contribution in [-0.2, 0) is 0 Å². The van der Waals surface area contributed by atoms with Crippen LogP contribution >= 0.6 is 11.6 Å². The molecule has 0 saturated carbocycles. The second-order valence-corrected chi connectivity index (χ2v) is 2.42. The lowest BCUT2D eigenvalue weighted by molar-refractivity contribution is 0.474. The Morgan fingerprint density at radius 3 is 2.91 bits per heavy atom. The second-order valence-electron chi connectivity index (χ2n) is 1.98. The molecule has 0 aromatic heterocycles. The van der Waals surface area contributed by atoms with Gasteiger partial charge in [0, 0.05) is 10.6 Å². The van der Waals surface area contributed by atoms with Crippen LogP contribution in [0.15, 0.2) is 23.3 Å². The Bertz CT molecular complexity index is 286. The van der Waals surface area contributed by atoms with Gasteiger partial charge in [0.15, 0.2) is 0 Å². The lowest BCUT2D eigenvalue weighted by atomic mass is 10.2. The topological polar surface area (TPSA) is 58.6 Å². The lowest BCUT2D eigenvalue weighted by Crippen LogP contribution is -1.86. The fourth-order valence-electron chi connectivity index (χ4n) is 0.709. The molecule has 0 spiro atoms. The molecule has 11 heavy (non-hydrogen) atoms. The predicted molar refractivity (Wildman–Crippen MR) is 44.9 cm³/mol. The van der Waals surface area contributed by atoms with E-state index in [1.54, 1.807) is 12.1 Å². The van der Waals surface area contributed by atoms with Crippen molar-refractivity contribution in [1.82, 2.24) is 0 Å². The van der Waals surface area contributed by atoms with Crippen LogP contribution in [0.3, 0.4) is 0 Å². The summed E-state index contributed by atoms with van der Waals surface area (Å²) in [7, 11) is 0. The maximum absolute atomic E-state index is 9.16. The molecule has 0 aliphatic carbocycles. The van der Waals surface area contributed by atoms with Gasteiger partial charge in [-0.05, 0) is 18.2 Å². The first kappa shape index (κ1) is 7.88. The Hall–Kier alpha value is -1.22. The van der Waals surface area contributed by atoms with Crippen LogP contribution in [0.25, 0.3) is 0 Å². The van der Waals surface area contributed by atoms with E-state index in [-0.39, 0.29) is 5.75 Å². The molecular formula is C7H7ClN2O. The highest BCUT2D eigenvalue weighted by Gasteiger charge is 1.97. The van der Waals surface area contributed by atoms with E-state index in [9.17, 15) is 0 Å². The average molecular weight is 171 g/mol. The first-order valence-electron chi connectivity index (χ1n) is 2.96. The summed E-state index contributed by atoms with van der Waals surface area (Å²) >= 11 is 5.64. The number of nitrogens with zero attached hydrogens (tertiary/aromatic N) is 1. The van der Waals surface area contributed by atoms with Gasteiger partial charge in [0.1, 0.15) is 5.75 Å². The fourth-order valence-corrected chi connectivity index (χ4v) is 0.890. The van der Waals surface area contributed by atoms with E-state index in [1.807, 2.05) is 0 Å². The number of nitrogens with two attached hydrogens (primary N) is 1. The molecule has 0 amide bonds. The molecule has 1 aromatic rings. The van der Waals surface area contributed by atoms with Gasteiger partial charge in [0.25, 0.3) is 0 Å². The van der Waals surface area contributed by atoms with Crippen LogP contribution in [0.2, 0.25) is 5.02 Å². The third kappa shape index (κ3) is 1.85. The molecular weight excluding hydrogens is 164 g/mol. The van der Waals surface area contributed by atoms with Crippen molar-refractivity contribution in [2.45, 2.75) is 0 Å². The number of hydrogen-bond acceptors (Lipinski definition) is 3. The predicted octanol–water partition coefficient (Wildman–Crippen LogP) is 1.34. The maximum Gasteiger partial charge on any atom is 0.124 e. The molecule has 0 fully saturated rings. The van der Waals surface area contributed by atoms with E-state index >= 15 is 0 Å². The molecule has 0 aliphatic rings. The highest BCUT2D eigenvalue weighted by Crippen LogP contribution is 2.19. The highest BCUT2D eigenvalue weighted by atomic mass is 35.5. The van der Waals surface area contributed by atoms with Gasteiger partial charge in [-0.3, -0.25) is 0 Å². The smallest absolute Gasteiger partial charge is 0.124 e. The van der Waals surface area contributed by atoms with Crippen LogP contribution in [0.4, 0.5) is 0 Å². The quantitative estimate of drug-likeness (QED) is 0.380. The lowest BCUT2D eigenvalue weighted by Gasteiger charge is -1.96. The van der Waals surface area contributed by atoms with Gasteiger partial charge < -0.3 is 10.9 Å². The normalized spacial score (nSPS) is 10.6. The average Bonchev–Trinajstić information content (AvgIpc) is 1.98. The molecule has 0 saturated heterocycles. The van der Waals surface area contributed by atoms with Gasteiger partial charge in [-0.2, -0.15) is 5.10 Å². The van der Waals surface area contributed by atoms with Crippen LogP contribution in [0, 0.1) is 0 Å². The summed E-state index contributed by atoms with van der Waals surface area (Å²) in [5.41, 5.74) is 0.514. The van der Waals surface area contributed by atoms with Crippen molar-refractivity contribution >= 4 is 17.8 Å². The number of benzene rings is 1. The van der Waals surface area contributed by atoms with E-state index in [1.165, 1.54) is 12.3 Å². The van der Waals surface area contributed by atoms with E-state index in [0.717, 1.165) is 0 Å². The largest absolute Gasteiger partial charge is 0.507 e. The SMILES string of the molecule is N/N=C\c1cc(Cl)ccc1O. The van der Waals surface area contributed by atoms with Gasteiger partial charge in [0.05, 0.1) is 6.21 Å². The van der Waals surface area contributed by atoms with E-state index in [4.69, 9.17) is 22.6 Å². The molecule has 0 atom stereocenters. The van der Waals surface area contributed by atoms with Crippen molar-refractivity contribution in [2.24, 2.45) is 10.9 Å². The summed E-state index contributed by atoms with van der Waals surface area (Å²) < 4.78 is 0. The monoisotopic (exact) mass is 170 g/mol. The van der Waals surface area contributed by atoms with Gasteiger partial charge in [0.2, 0.25) is 0 Å². The van der Waals surface area contributed by atoms with Crippen LogP contribution < -0.4 is 5.84 Å². The molecule has 0 bridgehead atoms. The molecule has 0 unspecified atom stereocenters. The maximum atomic E-state index is 9.16. The Balaban J connectivity index is 3.12. The molecule has 0 heterocycles. The van der Waals surface area contributed by atoms with Gasteiger partial charge >= 0.3 is 0 Å². The summed E-state index contributed by atoms with van der Waals surface area (Å²) in [6, 6.07) is 4.65. The van der Waals surface area contributed by atoms with Crippen molar-refractivity contribution < 1.29 is 5.11 Å². The number of hydrogen-bond donors (Lipinski definition) is 2. The number of phenolic OH excluding ortho intramolecular Hbond substituents is 1. The van der Waals surface area contributed by atoms with Crippen molar-refractivity contribution in [3.8, 4) is 5.75 Å². The van der Waals surface area contributed by atoms with Crippen molar-refractivity contribution in [3.63, 3.8) is 0 Å². The first-order chi connectivity index (χ1) is 5.24. The third-order valence-corrected chi connectivity index (χ3v) is 1.44. The summed E-state index contributed by atoms with van der Waals surface area (Å²) in [5.74, 6) is 5.01. The van der Waals surface area contributed by atoms with Gasteiger partial charge in [-0.1, -0.05) is 11.6 Å². The summed E-state index contributed by atoms with van der Waals surface area (Å²) in [6.07, 6.45) is 1.33.